The molecule has 3 aromatic heterocycles. The molecule has 0 aliphatic rings. The van der Waals surface area contributed by atoms with Gasteiger partial charge >= 0.3 is 23.1 Å². The van der Waals surface area contributed by atoms with Crippen molar-refractivity contribution < 1.29 is 34.0 Å². The van der Waals surface area contributed by atoms with E-state index in [0.29, 0.717) is 0 Å². The van der Waals surface area contributed by atoms with E-state index in [1.165, 1.54) is 0 Å². The molecule has 112 valence electrons. The molecule has 0 fully saturated rings. The van der Waals surface area contributed by atoms with Crippen molar-refractivity contribution in [3.05, 3.63) is 59.3 Å². The molecule has 0 radical (unpaired) electrons. The minimum absolute atomic E-state index is 0. The molecular weight excluding hydrogens is 468 g/mol. The second-order valence-electron chi connectivity index (χ2n) is 4.36. The number of aromatic nitrogens is 2. The topological polar surface area (TPSA) is 25.8 Å². The van der Waals surface area contributed by atoms with Crippen LogP contribution in [0, 0.1) is 0 Å². The number of halogens is 2. The summed E-state index contributed by atoms with van der Waals surface area (Å²) in [7, 11) is 0. The van der Waals surface area contributed by atoms with Gasteiger partial charge in [0.15, 0.2) is 0 Å². The van der Waals surface area contributed by atoms with Crippen molar-refractivity contribution in [2.75, 3.05) is 0 Å². The van der Waals surface area contributed by atoms with E-state index in [1.54, 1.807) is 22.7 Å². The summed E-state index contributed by atoms with van der Waals surface area (Å²) in [5.74, 6) is 0. The fourth-order valence-corrected chi connectivity index (χ4v) is 3.60. The molecule has 4 rings (SSSR count). The summed E-state index contributed by atoms with van der Waals surface area (Å²) in [6, 6.07) is 16.3. The first-order valence-corrected chi connectivity index (χ1v) is 8.02. The summed E-state index contributed by atoms with van der Waals surface area (Å²) >= 11 is 3.40. The summed E-state index contributed by atoms with van der Waals surface area (Å²) in [5.41, 5.74) is 3.83. The summed E-state index contributed by atoms with van der Waals surface area (Å²) in [4.78, 5) is 12.0. The number of para-hydroxylation sites is 2. The van der Waals surface area contributed by atoms with Gasteiger partial charge in [-0.25, -0.2) is 9.97 Å². The van der Waals surface area contributed by atoms with Crippen molar-refractivity contribution >= 4 is 56.8 Å². The molecule has 0 unspecified atom stereocenters. The Kier molecular flexibility index (Phi) is 8.33. The smallest absolute Gasteiger partial charge is 1.00 e. The summed E-state index contributed by atoms with van der Waals surface area (Å²) in [6.07, 6.45) is 0. The van der Waals surface area contributed by atoms with E-state index in [1.807, 2.05) is 24.3 Å². The second-order valence-corrected chi connectivity index (χ2v) is 6.26. The third-order valence-corrected chi connectivity index (χ3v) is 4.83. The molecule has 7 heteroatoms. The molecule has 2 nitrogen and oxygen atoms in total. The Hall–Kier alpha value is -0.314. The van der Waals surface area contributed by atoms with Crippen LogP contribution in [-0.2, 0) is 0 Å². The van der Waals surface area contributed by atoms with Crippen LogP contribution in [0.5, 0.6) is 0 Å². The van der Waals surface area contributed by atoms with E-state index in [-0.39, 0.29) is 57.0 Å². The van der Waals surface area contributed by atoms with Crippen molar-refractivity contribution in [2.45, 2.75) is 0 Å². The SMILES string of the molecule is [Br-].[Br-].[Mg+2].c1csc(-c2nc3ccccc3nc2-c2cccs2)c1. The van der Waals surface area contributed by atoms with Gasteiger partial charge in [0.2, 0.25) is 0 Å². The van der Waals surface area contributed by atoms with Crippen LogP contribution in [0.3, 0.4) is 0 Å². The third-order valence-electron chi connectivity index (χ3n) is 3.08. The maximum atomic E-state index is 4.83. The molecule has 0 atom stereocenters. The van der Waals surface area contributed by atoms with Crippen molar-refractivity contribution in [1.29, 1.82) is 0 Å². The zero-order valence-corrected chi connectivity index (χ0v) is 18.2. The van der Waals surface area contributed by atoms with Crippen molar-refractivity contribution in [1.82, 2.24) is 9.97 Å². The number of nitrogens with zero attached hydrogens (tertiary/aromatic N) is 2. The molecule has 0 spiro atoms. The normalized spacial score (nSPS) is 9.57. The van der Waals surface area contributed by atoms with Crippen LogP contribution in [0.4, 0.5) is 0 Å². The standard InChI is InChI=1S/C16H10N2S2.2BrH.Mg/c1-2-6-12-11(5-1)17-15(13-7-3-9-19-13)16(18-12)14-8-4-10-20-14;;;/h1-10H;2*1H;/q;;;+2/p-2. The zero-order valence-electron chi connectivity index (χ0n) is 11.9. The number of hydrogen-bond acceptors (Lipinski definition) is 4. The van der Waals surface area contributed by atoms with Gasteiger partial charge in [0.25, 0.3) is 0 Å². The van der Waals surface area contributed by atoms with Crippen molar-refractivity contribution in [2.24, 2.45) is 0 Å². The van der Waals surface area contributed by atoms with Gasteiger partial charge in [-0.2, -0.15) is 0 Å². The summed E-state index contributed by atoms with van der Waals surface area (Å²) in [6.45, 7) is 0. The van der Waals surface area contributed by atoms with Crippen molar-refractivity contribution in [3.8, 4) is 21.1 Å². The van der Waals surface area contributed by atoms with Crippen LogP contribution in [0.25, 0.3) is 32.2 Å². The fourth-order valence-electron chi connectivity index (χ4n) is 2.17. The van der Waals surface area contributed by atoms with E-state index < -0.39 is 0 Å². The molecule has 1 aromatic carbocycles. The molecule has 0 saturated heterocycles. The Morgan fingerprint density at radius 3 is 1.39 bits per heavy atom. The van der Waals surface area contributed by atoms with Gasteiger partial charge < -0.3 is 34.0 Å². The minimum atomic E-state index is 0. The summed E-state index contributed by atoms with van der Waals surface area (Å²) in [5, 5.41) is 4.15. The maximum Gasteiger partial charge on any atom is 2.00 e. The maximum absolute atomic E-state index is 4.83. The first-order chi connectivity index (χ1) is 9.92. The van der Waals surface area contributed by atoms with Crippen molar-refractivity contribution in [3.63, 3.8) is 0 Å². The number of fused-ring (bicyclic) bond motifs is 1. The average Bonchev–Trinajstić information content (AvgIpc) is 3.19. The first kappa shape index (κ1) is 20.7. The molecule has 3 heterocycles. The van der Waals surface area contributed by atoms with E-state index >= 15 is 0 Å². The van der Waals surface area contributed by atoms with E-state index in [4.69, 9.17) is 9.97 Å². The Labute approximate surface area is 179 Å². The average molecular weight is 479 g/mol. The molecule has 0 bridgehead atoms. The van der Waals surface area contributed by atoms with Gasteiger partial charge in [0.1, 0.15) is 11.4 Å². The Bertz CT molecular complexity index is 792. The monoisotopic (exact) mass is 476 g/mol. The quantitative estimate of drug-likeness (QED) is 0.336. The number of benzene rings is 1. The minimum Gasteiger partial charge on any atom is -1.00 e. The number of thiophene rings is 2. The molecule has 23 heavy (non-hydrogen) atoms. The zero-order chi connectivity index (χ0) is 13.4. The molecule has 0 aliphatic carbocycles. The van der Waals surface area contributed by atoms with Crippen LogP contribution >= 0.6 is 22.7 Å². The molecule has 0 aliphatic heterocycles. The van der Waals surface area contributed by atoms with E-state index in [9.17, 15) is 0 Å². The largest absolute Gasteiger partial charge is 2.00 e. The molecule has 0 amide bonds. The van der Waals surface area contributed by atoms with Gasteiger partial charge in [-0.1, -0.05) is 24.3 Å². The fraction of sp³-hybridized carbons (Fsp3) is 0. The van der Waals surface area contributed by atoms with E-state index in [0.717, 1.165) is 32.2 Å². The molecule has 4 aromatic rings. The number of rotatable bonds is 2. The third kappa shape index (κ3) is 4.21. The van der Waals surface area contributed by atoms with E-state index in [2.05, 4.69) is 35.0 Å². The molecule has 0 saturated carbocycles. The predicted octanol–water partition coefficient (Wildman–Crippen LogP) is -1.29. The first-order valence-electron chi connectivity index (χ1n) is 6.26. The van der Waals surface area contributed by atoms with Gasteiger partial charge in [-0.05, 0) is 35.0 Å². The second kappa shape index (κ2) is 9.24. The van der Waals surface area contributed by atoms with Gasteiger partial charge in [-0.3, -0.25) is 0 Å². The molecular formula is C16H10Br2MgN2S2. The number of hydrogen-bond donors (Lipinski definition) is 0. The van der Waals surface area contributed by atoms with Crippen LogP contribution in [-0.4, -0.2) is 33.0 Å². The Balaban J connectivity index is 0.000000882. The van der Waals surface area contributed by atoms with Gasteiger partial charge in [0.05, 0.1) is 20.8 Å². The van der Waals surface area contributed by atoms with Crippen LogP contribution in [0.2, 0.25) is 0 Å². The van der Waals surface area contributed by atoms with Gasteiger partial charge in [0, 0.05) is 0 Å². The molecule has 0 N–H and O–H groups in total. The summed E-state index contributed by atoms with van der Waals surface area (Å²) < 4.78 is 0. The Morgan fingerprint density at radius 1 is 0.609 bits per heavy atom. The Morgan fingerprint density at radius 2 is 1.04 bits per heavy atom. The van der Waals surface area contributed by atoms with Crippen LogP contribution < -0.4 is 34.0 Å². The predicted molar refractivity (Wildman–Crippen MR) is 91.9 cm³/mol. The van der Waals surface area contributed by atoms with Crippen LogP contribution in [0.1, 0.15) is 0 Å². The van der Waals surface area contributed by atoms with Gasteiger partial charge in [-0.15, -0.1) is 22.7 Å². The van der Waals surface area contributed by atoms with Crippen LogP contribution in [0.15, 0.2) is 59.3 Å².